The van der Waals surface area contributed by atoms with Gasteiger partial charge in [0.05, 0.1) is 0 Å². The van der Waals surface area contributed by atoms with Gasteiger partial charge in [0.1, 0.15) is 0 Å². The van der Waals surface area contributed by atoms with Gasteiger partial charge in [0.25, 0.3) is 0 Å². The zero-order chi connectivity index (χ0) is 28.8. The molecule has 0 bridgehead atoms. The molecule has 2 aliphatic rings. The van der Waals surface area contributed by atoms with Crippen molar-refractivity contribution in [3.8, 4) is 11.1 Å². The monoisotopic (exact) mass is 776 g/mol. The SMILES string of the molecule is CC(C)(C)c1c[c-]c2c(c1)-c1cc(C(C)(C)C)ccc1C2.Cl.Cl.[C-]1=CC=CC1.[Hf+2]=[Si](c1ccccc1)c1ccccc1. The summed E-state index contributed by atoms with van der Waals surface area (Å²) in [6.45, 7) is 13.6. The van der Waals surface area contributed by atoms with Crippen molar-refractivity contribution in [3.05, 3.63) is 144 Å². The van der Waals surface area contributed by atoms with Crippen LogP contribution in [0.25, 0.3) is 11.1 Å². The first-order valence-electron chi connectivity index (χ1n) is 14.1. The maximum absolute atomic E-state index is 3.53. The van der Waals surface area contributed by atoms with E-state index in [2.05, 4.69) is 151 Å². The Labute approximate surface area is 281 Å². The summed E-state index contributed by atoms with van der Waals surface area (Å²) >= 11 is 1.27. The summed E-state index contributed by atoms with van der Waals surface area (Å²) < 4.78 is 0. The number of rotatable bonds is 2. The molecule has 4 aromatic carbocycles. The van der Waals surface area contributed by atoms with E-state index < -0.39 is 5.49 Å². The molecule has 6 rings (SSSR count). The van der Waals surface area contributed by atoms with E-state index in [9.17, 15) is 0 Å². The van der Waals surface area contributed by atoms with E-state index in [0.29, 0.717) is 0 Å². The molecule has 0 atom stereocenters. The fourth-order valence-corrected chi connectivity index (χ4v) is 9.68. The average molecular weight is 776 g/mol. The number of fused-ring (bicyclic) bond motifs is 3. The van der Waals surface area contributed by atoms with Crippen molar-refractivity contribution in [2.45, 2.75) is 65.2 Å². The van der Waals surface area contributed by atoms with Gasteiger partial charge in [0, 0.05) is 0 Å². The van der Waals surface area contributed by atoms with Gasteiger partial charge in [0.2, 0.25) is 0 Å². The third kappa shape index (κ3) is 9.78. The molecule has 4 heteroatoms. The van der Waals surface area contributed by atoms with Crippen molar-refractivity contribution in [1.29, 1.82) is 0 Å². The van der Waals surface area contributed by atoms with Crippen LogP contribution in [-0.2, 0) is 40.3 Å². The fraction of sp³-hybridized carbons (Fsp3) is 0.263. The van der Waals surface area contributed by atoms with Gasteiger partial charge in [-0.1, -0.05) is 76.3 Å². The Morgan fingerprint density at radius 2 is 1.24 bits per heavy atom. The Morgan fingerprint density at radius 1 is 0.690 bits per heavy atom. The zero-order valence-corrected chi connectivity index (χ0v) is 31.8. The van der Waals surface area contributed by atoms with Crippen molar-refractivity contribution in [2.75, 3.05) is 0 Å². The molecular weight excluding hydrogens is 734 g/mol. The topological polar surface area (TPSA) is 0 Å². The molecule has 0 nitrogen and oxygen atoms in total. The van der Waals surface area contributed by atoms with Crippen LogP contribution < -0.4 is 10.4 Å². The van der Waals surface area contributed by atoms with Gasteiger partial charge in [0.15, 0.2) is 0 Å². The van der Waals surface area contributed by atoms with E-state index in [1.54, 1.807) is 0 Å². The molecule has 0 aromatic heterocycles. The Kier molecular flexibility index (Phi) is 14.0. The van der Waals surface area contributed by atoms with Gasteiger partial charge in [-0.25, -0.2) is 12.2 Å². The summed E-state index contributed by atoms with van der Waals surface area (Å²) in [6.07, 6.45) is 11.0. The van der Waals surface area contributed by atoms with E-state index in [1.165, 1.54) is 66.8 Å². The van der Waals surface area contributed by atoms with Crippen molar-refractivity contribution in [3.63, 3.8) is 0 Å². The molecule has 0 saturated heterocycles. The maximum atomic E-state index is 3.53. The van der Waals surface area contributed by atoms with Crippen LogP contribution in [0.1, 0.15) is 70.2 Å². The average Bonchev–Trinajstić information content (AvgIpc) is 3.64. The van der Waals surface area contributed by atoms with E-state index in [0.717, 1.165) is 12.8 Å². The van der Waals surface area contributed by atoms with E-state index in [-0.39, 0.29) is 35.6 Å². The zero-order valence-electron chi connectivity index (χ0n) is 25.6. The van der Waals surface area contributed by atoms with Crippen LogP contribution in [0.5, 0.6) is 0 Å². The van der Waals surface area contributed by atoms with Gasteiger partial charge in [-0.15, -0.1) is 36.8 Å². The molecule has 0 radical (unpaired) electrons. The standard InChI is InChI=1S/C21H25.C12H10Si.C5H5.2ClH.Hf/c1-20(2,3)16-9-7-14-11-15-8-10-17(21(4,5)6)13-19(15)18(14)12-16;1-3-7-11(8-4-1)13-12-9-5-2-6-10-12;1-2-4-5-3-1;;;/h7,9-10,12-13H,11H2,1-6H3;1-10H;1-3H,4H2;2*1H;/q-1;;-1;;;+2. The summed E-state index contributed by atoms with van der Waals surface area (Å²) in [4.78, 5) is 0. The van der Waals surface area contributed by atoms with E-state index in [1.807, 2.05) is 12.2 Å². The van der Waals surface area contributed by atoms with Crippen LogP contribution in [0, 0.1) is 12.1 Å². The Morgan fingerprint density at radius 3 is 1.69 bits per heavy atom. The summed E-state index contributed by atoms with van der Waals surface area (Å²) in [5, 5.41) is 3.07. The van der Waals surface area contributed by atoms with Crippen molar-refractivity contribution < 1.29 is 23.0 Å². The first kappa shape index (κ1) is 36.2. The van der Waals surface area contributed by atoms with E-state index >= 15 is 0 Å². The van der Waals surface area contributed by atoms with Crippen LogP contribution in [-0.4, -0.2) is 5.49 Å². The van der Waals surface area contributed by atoms with Gasteiger partial charge in [-0.2, -0.15) is 35.4 Å². The number of hydrogen-bond donors (Lipinski definition) is 0. The molecule has 4 aromatic rings. The third-order valence-electron chi connectivity index (χ3n) is 7.24. The predicted molar refractivity (Wildman–Crippen MR) is 185 cm³/mol. The summed E-state index contributed by atoms with van der Waals surface area (Å²) in [6, 6.07) is 36.8. The third-order valence-corrected chi connectivity index (χ3v) is 15.3. The molecule has 216 valence electrons. The summed E-state index contributed by atoms with van der Waals surface area (Å²) in [5.74, 6) is 0. The van der Waals surface area contributed by atoms with Crippen molar-refractivity contribution >= 4 is 40.7 Å². The number of hydrogen-bond acceptors (Lipinski definition) is 0. The van der Waals surface area contributed by atoms with Crippen LogP contribution >= 0.6 is 24.8 Å². The summed E-state index contributed by atoms with van der Waals surface area (Å²) in [5.41, 5.74) is 8.36. The molecule has 0 N–H and O–H groups in total. The van der Waals surface area contributed by atoms with Crippen LogP contribution in [0.4, 0.5) is 0 Å². The first-order chi connectivity index (χ1) is 19.0. The van der Waals surface area contributed by atoms with Crippen molar-refractivity contribution in [1.82, 2.24) is 0 Å². The fourth-order valence-electron chi connectivity index (χ4n) is 4.70. The van der Waals surface area contributed by atoms with Crippen LogP contribution in [0.2, 0.25) is 0 Å². The molecular formula is C38H42Cl2HfSi. The molecule has 42 heavy (non-hydrogen) atoms. The van der Waals surface area contributed by atoms with Crippen LogP contribution in [0.3, 0.4) is 0 Å². The molecule has 0 spiro atoms. The number of halogens is 2. The summed E-state index contributed by atoms with van der Waals surface area (Å²) in [7, 11) is 0. The van der Waals surface area contributed by atoms with Gasteiger partial charge >= 0.3 is 99.5 Å². The van der Waals surface area contributed by atoms with Gasteiger partial charge in [-0.3, -0.25) is 6.08 Å². The second kappa shape index (κ2) is 16.2. The molecule has 0 amide bonds. The minimum atomic E-state index is -0.406. The minimum absolute atomic E-state index is 0. The predicted octanol–water partition coefficient (Wildman–Crippen LogP) is 9.14. The van der Waals surface area contributed by atoms with E-state index in [4.69, 9.17) is 0 Å². The second-order valence-electron chi connectivity index (χ2n) is 12.4. The molecule has 0 unspecified atom stereocenters. The van der Waals surface area contributed by atoms with Crippen molar-refractivity contribution in [2.24, 2.45) is 0 Å². The van der Waals surface area contributed by atoms with Gasteiger partial charge < -0.3 is 0 Å². The second-order valence-corrected chi connectivity index (χ2v) is 19.7. The Hall–Kier alpha value is -1.97. The Bertz CT molecular complexity index is 1400. The number of allylic oxidation sites excluding steroid dienone is 4. The molecule has 0 saturated carbocycles. The molecule has 0 heterocycles. The number of benzene rings is 4. The first-order valence-corrected chi connectivity index (χ1v) is 21.0. The normalized spacial score (nSPS) is 12.4. The van der Waals surface area contributed by atoms with Gasteiger partial charge in [-0.05, 0) is 17.4 Å². The molecule has 0 aliphatic heterocycles. The molecule has 2 aliphatic carbocycles. The quantitative estimate of drug-likeness (QED) is 0.124. The van der Waals surface area contributed by atoms with Crippen LogP contribution in [0.15, 0.2) is 109 Å². The molecule has 0 fully saturated rings. The Balaban J connectivity index is 0.000000253.